The van der Waals surface area contributed by atoms with Crippen LogP contribution in [0.3, 0.4) is 0 Å². The first-order chi connectivity index (χ1) is 5.54. The van der Waals surface area contributed by atoms with Crippen molar-refractivity contribution in [3.63, 3.8) is 0 Å². The quantitative estimate of drug-likeness (QED) is 0.594. The van der Waals surface area contributed by atoms with Crippen molar-refractivity contribution < 1.29 is 4.52 Å². The summed E-state index contributed by atoms with van der Waals surface area (Å²) in [6, 6.07) is 0. The first kappa shape index (κ1) is 8.90. The van der Waals surface area contributed by atoms with Crippen molar-refractivity contribution in [1.29, 1.82) is 0 Å². The smallest absolute Gasteiger partial charge is 0.232 e. The van der Waals surface area contributed by atoms with Crippen molar-refractivity contribution in [2.24, 2.45) is 4.99 Å². The third kappa shape index (κ3) is 1.90. The Labute approximate surface area is 71.7 Å². The number of aliphatic imine (C=N–C) groups is 1. The summed E-state index contributed by atoms with van der Waals surface area (Å²) in [6.45, 7) is 6.06. The molecule has 0 aromatic carbocycles. The van der Waals surface area contributed by atoms with E-state index in [0.29, 0.717) is 11.7 Å². The van der Waals surface area contributed by atoms with Crippen molar-refractivity contribution >= 4 is 6.21 Å². The maximum atomic E-state index is 5.03. The molecule has 0 spiro atoms. The van der Waals surface area contributed by atoms with Gasteiger partial charge in [-0.2, -0.15) is 4.98 Å². The van der Waals surface area contributed by atoms with E-state index in [2.05, 4.69) is 15.1 Å². The van der Waals surface area contributed by atoms with E-state index in [1.165, 1.54) is 0 Å². The summed E-state index contributed by atoms with van der Waals surface area (Å²) in [5, 5.41) is 3.74. The molecule has 4 nitrogen and oxygen atoms in total. The Kier molecular flexibility index (Phi) is 2.26. The number of rotatable bonds is 1. The lowest BCUT2D eigenvalue weighted by Crippen LogP contribution is -2.11. The maximum Gasteiger partial charge on any atom is 0.232 e. The van der Waals surface area contributed by atoms with E-state index < -0.39 is 0 Å². The van der Waals surface area contributed by atoms with E-state index in [-0.39, 0.29) is 5.41 Å². The van der Waals surface area contributed by atoms with Gasteiger partial charge in [-0.05, 0) is 0 Å². The first-order valence-electron chi connectivity index (χ1n) is 3.80. The van der Waals surface area contributed by atoms with Gasteiger partial charge in [-0.15, -0.1) is 0 Å². The normalized spacial score (nSPS) is 12.7. The Bertz CT molecular complexity index is 283. The topological polar surface area (TPSA) is 51.3 Å². The van der Waals surface area contributed by atoms with Crippen molar-refractivity contribution in [2.75, 3.05) is 7.05 Å². The Morgan fingerprint density at radius 1 is 1.42 bits per heavy atom. The molecule has 0 atom stereocenters. The van der Waals surface area contributed by atoms with Crippen LogP contribution in [0.15, 0.2) is 9.52 Å². The second-order valence-corrected chi connectivity index (χ2v) is 3.60. The van der Waals surface area contributed by atoms with Crippen LogP contribution in [0.5, 0.6) is 0 Å². The van der Waals surface area contributed by atoms with E-state index in [1.807, 2.05) is 20.8 Å². The highest BCUT2D eigenvalue weighted by Gasteiger charge is 2.20. The molecule has 0 N–H and O–H groups in total. The average Bonchev–Trinajstić information content (AvgIpc) is 2.35. The molecule has 1 aromatic heterocycles. The largest absolute Gasteiger partial charge is 0.338 e. The second kappa shape index (κ2) is 3.05. The fourth-order valence-electron chi connectivity index (χ4n) is 0.707. The Morgan fingerprint density at radius 3 is 2.50 bits per heavy atom. The molecule has 0 saturated carbocycles. The summed E-state index contributed by atoms with van der Waals surface area (Å²) in [5.74, 6) is 1.17. The number of hydrogen-bond donors (Lipinski definition) is 0. The highest BCUT2D eigenvalue weighted by Crippen LogP contribution is 2.18. The van der Waals surface area contributed by atoms with Crippen LogP contribution in [-0.2, 0) is 5.41 Å². The summed E-state index contributed by atoms with van der Waals surface area (Å²) in [7, 11) is 1.67. The van der Waals surface area contributed by atoms with E-state index in [0.717, 1.165) is 0 Å². The second-order valence-electron chi connectivity index (χ2n) is 3.60. The molecule has 0 aliphatic rings. The zero-order chi connectivity index (χ0) is 9.19. The fraction of sp³-hybridized carbons (Fsp3) is 0.625. The zero-order valence-corrected chi connectivity index (χ0v) is 7.83. The molecule has 0 aliphatic heterocycles. The van der Waals surface area contributed by atoms with Gasteiger partial charge >= 0.3 is 0 Å². The molecule has 0 unspecified atom stereocenters. The molecule has 1 heterocycles. The molecule has 0 aliphatic carbocycles. The minimum absolute atomic E-state index is 0.0904. The minimum atomic E-state index is -0.0904. The van der Waals surface area contributed by atoms with Crippen LogP contribution >= 0.6 is 0 Å². The van der Waals surface area contributed by atoms with Gasteiger partial charge in [0, 0.05) is 12.5 Å². The molecule has 0 fully saturated rings. The molecular formula is C8H13N3O. The summed E-state index contributed by atoms with van der Waals surface area (Å²) < 4.78 is 5.03. The molecule has 66 valence electrons. The molecule has 0 radical (unpaired) electrons. The van der Waals surface area contributed by atoms with Gasteiger partial charge < -0.3 is 4.52 Å². The molecule has 0 bridgehead atoms. The zero-order valence-electron chi connectivity index (χ0n) is 7.83. The highest BCUT2D eigenvalue weighted by atomic mass is 16.5. The molecule has 4 heteroatoms. The van der Waals surface area contributed by atoms with E-state index in [4.69, 9.17) is 4.52 Å². The molecule has 12 heavy (non-hydrogen) atoms. The summed E-state index contributed by atoms with van der Waals surface area (Å²) in [6.07, 6.45) is 1.57. The molecule has 0 saturated heterocycles. The lowest BCUT2D eigenvalue weighted by atomic mass is 9.97. The fourth-order valence-corrected chi connectivity index (χ4v) is 0.707. The van der Waals surface area contributed by atoms with Crippen LogP contribution in [0.25, 0.3) is 0 Å². The van der Waals surface area contributed by atoms with E-state index in [9.17, 15) is 0 Å². The minimum Gasteiger partial charge on any atom is -0.338 e. The van der Waals surface area contributed by atoms with Gasteiger partial charge in [-0.3, -0.25) is 4.99 Å². The van der Waals surface area contributed by atoms with Crippen LogP contribution in [0.4, 0.5) is 0 Å². The monoisotopic (exact) mass is 167 g/mol. The molecule has 1 aromatic rings. The van der Waals surface area contributed by atoms with Crippen LogP contribution in [-0.4, -0.2) is 23.4 Å². The number of hydrogen-bond acceptors (Lipinski definition) is 4. The van der Waals surface area contributed by atoms with Gasteiger partial charge in [0.1, 0.15) is 0 Å². The van der Waals surface area contributed by atoms with Gasteiger partial charge in [0.2, 0.25) is 11.7 Å². The van der Waals surface area contributed by atoms with Crippen LogP contribution in [0.1, 0.15) is 32.5 Å². The summed E-state index contributed by atoms with van der Waals surface area (Å²) >= 11 is 0. The summed E-state index contributed by atoms with van der Waals surface area (Å²) in [4.78, 5) is 7.94. The first-order valence-corrected chi connectivity index (χ1v) is 3.80. The van der Waals surface area contributed by atoms with Gasteiger partial charge in [-0.1, -0.05) is 25.9 Å². The van der Waals surface area contributed by atoms with Gasteiger partial charge in [0.05, 0.1) is 6.21 Å². The van der Waals surface area contributed by atoms with Crippen LogP contribution in [0, 0.1) is 0 Å². The van der Waals surface area contributed by atoms with Gasteiger partial charge in [0.15, 0.2) is 0 Å². The predicted molar refractivity (Wildman–Crippen MR) is 46.5 cm³/mol. The van der Waals surface area contributed by atoms with Gasteiger partial charge in [0.25, 0.3) is 0 Å². The van der Waals surface area contributed by atoms with E-state index >= 15 is 0 Å². The lowest BCUT2D eigenvalue weighted by molar-refractivity contribution is 0.320. The lowest BCUT2D eigenvalue weighted by Gasteiger charge is -2.10. The number of aromatic nitrogens is 2. The summed E-state index contributed by atoms with van der Waals surface area (Å²) in [5.41, 5.74) is -0.0904. The molecule has 0 amide bonds. The van der Waals surface area contributed by atoms with E-state index in [1.54, 1.807) is 13.3 Å². The SMILES string of the molecule is C/N=C/c1noc(C(C)(C)C)n1. The van der Waals surface area contributed by atoms with Crippen LogP contribution < -0.4 is 0 Å². The Hall–Kier alpha value is -1.19. The Balaban J connectivity index is 2.92. The van der Waals surface area contributed by atoms with Crippen molar-refractivity contribution in [2.45, 2.75) is 26.2 Å². The average molecular weight is 167 g/mol. The molecule has 1 rings (SSSR count). The third-order valence-corrected chi connectivity index (χ3v) is 1.33. The maximum absolute atomic E-state index is 5.03. The molecular weight excluding hydrogens is 154 g/mol. The predicted octanol–water partition coefficient (Wildman–Crippen LogP) is 1.42. The van der Waals surface area contributed by atoms with Crippen molar-refractivity contribution in [3.05, 3.63) is 11.7 Å². The third-order valence-electron chi connectivity index (χ3n) is 1.33. The number of nitrogens with zero attached hydrogens (tertiary/aromatic N) is 3. The standard InChI is InChI=1S/C8H13N3O/c1-8(2,3)7-10-6(5-9-4)11-12-7/h5H,1-4H3/b9-5+. The van der Waals surface area contributed by atoms with Crippen molar-refractivity contribution in [1.82, 2.24) is 10.1 Å². The van der Waals surface area contributed by atoms with Crippen molar-refractivity contribution in [3.8, 4) is 0 Å². The Morgan fingerprint density at radius 2 is 2.08 bits per heavy atom. The van der Waals surface area contributed by atoms with Gasteiger partial charge in [-0.25, -0.2) is 0 Å². The van der Waals surface area contributed by atoms with Crippen LogP contribution in [0.2, 0.25) is 0 Å². The highest BCUT2D eigenvalue weighted by molar-refractivity contribution is 5.73.